The largest absolute Gasteiger partial charge is 0.389 e. The summed E-state index contributed by atoms with van der Waals surface area (Å²) >= 11 is 1.67. The predicted molar refractivity (Wildman–Crippen MR) is 84.4 cm³/mol. The van der Waals surface area contributed by atoms with E-state index >= 15 is 0 Å². The number of aliphatic hydroxyl groups is 1. The van der Waals surface area contributed by atoms with Crippen molar-refractivity contribution < 1.29 is 9.84 Å². The van der Waals surface area contributed by atoms with Crippen LogP contribution in [0.2, 0.25) is 0 Å². The second-order valence-corrected chi connectivity index (χ2v) is 5.98. The van der Waals surface area contributed by atoms with Gasteiger partial charge in [0, 0.05) is 17.1 Å². The molecule has 108 valence electrons. The smallest absolute Gasteiger partial charge is 0.0945 e. The Labute approximate surface area is 124 Å². The Balaban J connectivity index is 1.71. The Kier molecular flexibility index (Phi) is 5.59. The molecule has 0 radical (unpaired) electrons. The Morgan fingerprint density at radius 1 is 1.30 bits per heavy atom. The van der Waals surface area contributed by atoms with Crippen LogP contribution in [0.4, 0.5) is 5.69 Å². The van der Waals surface area contributed by atoms with Crippen molar-refractivity contribution >= 4 is 17.0 Å². The summed E-state index contributed by atoms with van der Waals surface area (Å²) in [5.41, 5.74) is 3.46. The summed E-state index contributed by atoms with van der Waals surface area (Å²) in [6, 6.07) is 10.3. The van der Waals surface area contributed by atoms with Gasteiger partial charge in [0.1, 0.15) is 0 Å². The van der Waals surface area contributed by atoms with Gasteiger partial charge >= 0.3 is 0 Å². The molecule has 3 nitrogen and oxygen atoms in total. The lowest BCUT2D eigenvalue weighted by Crippen LogP contribution is -2.25. The fourth-order valence-corrected chi connectivity index (χ4v) is 2.54. The normalized spacial score (nSPS) is 12.3. The highest BCUT2D eigenvalue weighted by Gasteiger charge is 2.06. The van der Waals surface area contributed by atoms with Crippen molar-refractivity contribution in [3.05, 3.63) is 51.7 Å². The van der Waals surface area contributed by atoms with Crippen LogP contribution in [-0.2, 0) is 11.3 Å². The van der Waals surface area contributed by atoms with Gasteiger partial charge in [-0.25, -0.2) is 0 Å². The highest BCUT2D eigenvalue weighted by Crippen LogP contribution is 2.16. The van der Waals surface area contributed by atoms with Crippen molar-refractivity contribution in [2.45, 2.75) is 26.6 Å². The van der Waals surface area contributed by atoms with E-state index in [9.17, 15) is 5.11 Å². The van der Waals surface area contributed by atoms with E-state index < -0.39 is 6.10 Å². The molecule has 0 spiro atoms. The maximum absolute atomic E-state index is 9.92. The van der Waals surface area contributed by atoms with Gasteiger partial charge in [0.15, 0.2) is 0 Å². The van der Waals surface area contributed by atoms with Gasteiger partial charge in [0.05, 0.1) is 19.3 Å². The van der Waals surface area contributed by atoms with Gasteiger partial charge in [-0.3, -0.25) is 0 Å². The van der Waals surface area contributed by atoms with Crippen molar-refractivity contribution in [1.29, 1.82) is 0 Å². The van der Waals surface area contributed by atoms with Crippen LogP contribution in [0.5, 0.6) is 0 Å². The van der Waals surface area contributed by atoms with Crippen LogP contribution < -0.4 is 5.32 Å². The molecule has 0 saturated carbocycles. The van der Waals surface area contributed by atoms with Crippen LogP contribution in [0, 0.1) is 13.8 Å². The second-order valence-electron chi connectivity index (χ2n) is 4.95. The zero-order chi connectivity index (χ0) is 14.4. The van der Waals surface area contributed by atoms with Crippen LogP contribution in [0.25, 0.3) is 0 Å². The minimum atomic E-state index is -0.505. The number of aliphatic hydroxyl groups excluding tert-OH is 1. The molecule has 2 rings (SSSR count). The lowest BCUT2D eigenvalue weighted by atomic mass is 10.1. The lowest BCUT2D eigenvalue weighted by Gasteiger charge is -2.15. The van der Waals surface area contributed by atoms with Crippen molar-refractivity contribution in [3.63, 3.8) is 0 Å². The Bertz CT molecular complexity index is 525. The maximum Gasteiger partial charge on any atom is 0.0945 e. The molecule has 2 aromatic rings. The van der Waals surface area contributed by atoms with Crippen molar-refractivity contribution in [3.8, 4) is 0 Å². The third-order valence-electron chi connectivity index (χ3n) is 3.06. The standard InChI is InChI=1S/C16H21NO2S/c1-12-5-6-13(2)16(8-12)17-9-14(18)10-19-11-15-4-3-7-20-15/h3-8,14,17-18H,9-11H2,1-2H3. The van der Waals surface area contributed by atoms with E-state index in [1.165, 1.54) is 16.0 Å². The molecule has 2 N–H and O–H groups in total. The van der Waals surface area contributed by atoms with E-state index in [2.05, 4.69) is 37.4 Å². The van der Waals surface area contributed by atoms with Gasteiger partial charge in [0.2, 0.25) is 0 Å². The van der Waals surface area contributed by atoms with Gasteiger partial charge in [-0.2, -0.15) is 0 Å². The van der Waals surface area contributed by atoms with Crippen molar-refractivity contribution in [2.24, 2.45) is 0 Å². The fourth-order valence-electron chi connectivity index (χ4n) is 1.90. The van der Waals surface area contributed by atoms with Gasteiger partial charge in [-0.15, -0.1) is 11.3 Å². The SMILES string of the molecule is Cc1ccc(C)c(NCC(O)COCc2cccs2)c1. The van der Waals surface area contributed by atoms with Crippen LogP contribution in [-0.4, -0.2) is 24.4 Å². The molecule has 1 heterocycles. The average molecular weight is 291 g/mol. The zero-order valence-corrected chi connectivity index (χ0v) is 12.7. The third kappa shape index (κ3) is 4.63. The summed E-state index contributed by atoms with van der Waals surface area (Å²) in [5, 5.41) is 15.2. The Morgan fingerprint density at radius 3 is 2.90 bits per heavy atom. The molecule has 1 unspecified atom stereocenters. The molecule has 1 atom stereocenters. The van der Waals surface area contributed by atoms with Crippen LogP contribution in [0.3, 0.4) is 0 Å². The molecule has 0 aliphatic rings. The molecule has 0 aliphatic heterocycles. The van der Waals surface area contributed by atoms with E-state index in [1.807, 2.05) is 17.5 Å². The minimum absolute atomic E-state index is 0.343. The van der Waals surface area contributed by atoms with Gasteiger partial charge < -0.3 is 15.2 Å². The van der Waals surface area contributed by atoms with Crippen LogP contribution in [0.1, 0.15) is 16.0 Å². The maximum atomic E-state index is 9.92. The number of ether oxygens (including phenoxy) is 1. The first kappa shape index (κ1) is 15.0. The molecule has 20 heavy (non-hydrogen) atoms. The molecular formula is C16H21NO2S. The first-order valence-corrected chi connectivity index (χ1v) is 7.62. The number of nitrogens with one attached hydrogen (secondary N) is 1. The van der Waals surface area contributed by atoms with Gasteiger partial charge in [0.25, 0.3) is 0 Å². The van der Waals surface area contributed by atoms with E-state index in [4.69, 9.17) is 4.74 Å². The summed E-state index contributed by atoms with van der Waals surface area (Å²) in [6.45, 7) is 5.52. The topological polar surface area (TPSA) is 41.5 Å². The fraction of sp³-hybridized carbons (Fsp3) is 0.375. The van der Waals surface area contributed by atoms with E-state index in [0.29, 0.717) is 19.8 Å². The Morgan fingerprint density at radius 2 is 2.15 bits per heavy atom. The van der Waals surface area contributed by atoms with Crippen molar-refractivity contribution in [1.82, 2.24) is 0 Å². The summed E-state index contributed by atoms with van der Waals surface area (Å²) in [5.74, 6) is 0. The molecule has 0 bridgehead atoms. The molecule has 1 aromatic carbocycles. The second kappa shape index (κ2) is 7.43. The molecule has 4 heteroatoms. The third-order valence-corrected chi connectivity index (χ3v) is 3.91. The van der Waals surface area contributed by atoms with Crippen LogP contribution in [0.15, 0.2) is 35.7 Å². The number of hydrogen-bond donors (Lipinski definition) is 2. The minimum Gasteiger partial charge on any atom is -0.389 e. The Hall–Kier alpha value is -1.36. The molecule has 0 fully saturated rings. The zero-order valence-electron chi connectivity index (χ0n) is 11.9. The van der Waals surface area contributed by atoms with E-state index in [-0.39, 0.29) is 0 Å². The molecule has 0 aliphatic carbocycles. The van der Waals surface area contributed by atoms with Crippen LogP contribution >= 0.6 is 11.3 Å². The number of hydrogen-bond acceptors (Lipinski definition) is 4. The number of aryl methyl sites for hydroxylation is 2. The summed E-state index contributed by atoms with van der Waals surface area (Å²) in [4.78, 5) is 1.18. The predicted octanol–water partition coefficient (Wildman–Crippen LogP) is 3.35. The summed E-state index contributed by atoms with van der Waals surface area (Å²) in [7, 11) is 0. The lowest BCUT2D eigenvalue weighted by molar-refractivity contribution is 0.0359. The van der Waals surface area contributed by atoms with E-state index in [0.717, 1.165) is 5.69 Å². The van der Waals surface area contributed by atoms with E-state index in [1.54, 1.807) is 11.3 Å². The first-order chi connectivity index (χ1) is 9.65. The molecule has 1 aromatic heterocycles. The number of benzene rings is 1. The highest BCUT2D eigenvalue weighted by molar-refractivity contribution is 7.09. The molecule has 0 amide bonds. The molecule has 0 saturated heterocycles. The quantitative estimate of drug-likeness (QED) is 0.822. The number of anilines is 1. The number of thiophene rings is 1. The first-order valence-electron chi connectivity index (χ1n) is 6.74. The molecular weight excluding hydrogens is 270 g/mol. The van der Waals surface area contributed by atoms with Gasteiger partial charge in [-0.05, 0) is 42.5 Å². The van der Waals surface area contributed by atoms with Gasteiger partial charge in [-0.1, -0.05) is 18.2 Å². The number of rotatable bonds is 7. The summed E-state index contributed by atoms with van der Waals surface area (Å²) in [6.07, 6.45) is -0.505. The average Bonchev–Trinajstić information content (AvgIpc) is 2.93. The van der Waals surface area contributed by atoms with Crippen molar-refractivity contribution in [2.75, 3.05) is 18.5 Å². The summed E-state index contributed by atoms with van der Waals surface area (Å²) < 4.78 is 5.50. The highest BCUT2D eigenvalue weighted by atomic mass is 32.1. The monoisotopic (exact) mass is 291 g/mol.